The van der Waals surface area contributed by atoms with E-state index in [1.54, 1.807) is 0 Å². The predicted molar refractivity (Wildman–Crippen MR) is 136 cm³/mol. The lowest BCUT2D eigenvalue weighted by Crippen LogP contribution is -2.48. The highest BCUT2D eigenvalue weighted by Crippen LogP contribution is 2.33. The molecule has 4 aromatic rings. The summed E-state index contributed by atoms with van der Waals surface area (Å²) in [5, 5.41) is 0. The molecule has 2 atom stereocenters. The van der Waals surface area contributed by atoms with E-state index in [1.165, 1.54) is 5.56 Å². The average Bonchev–Trinajstić information content (AvgIpc) is 2.88. The molecule has 0 amide bonds. The Hall–Kier alpha value is -3.69. The minimum Gasteiger partial charge on any atom is -0.365 e. The molecule has 166 valence electrons. The molecule has 3 heteroatoms. The second-order valence-electron chi connectivity index (χ2n) is 8.38. The summed E-state index contributed by atoms with van der Waals surface area (Å²) in [4.78, 5) is 18.5. The fourth-order valence-electron chi connectivity index (χ4n) is 4.42. The van der Waals surface area contributed by atoms with Crippen LogP contribution in [0.4, 0.5) is 5.69 Å². The first-order valence-corrected chi connectivity index (χ1v) is 11.3. The van der Waals surface area contributed by atoms with Crippen molar-refractivity contribution in [3.8, 4) is 0 Å². The van der Waals surface area contributed by atoms with Crippen molar-refractivity contribution in [2.75, 3.05) is 19.0 Å². The van der Waals surface area contributed by atoms with Gasteiger partial charge in [-0.15, -0.1) is 0 Å². The second-order valence-corrected chi connectivity index (χ2v) is 8.38. The van der Waals surface area contributed by atoms with Gasteiger partial charge in [0, 0.05) is 24.8 Å². The molecule has 0 radical (unpaired) electrons. The zero-order valence-corrected chi connectivity index (χ0v) is 19.2. The van der Waals surface area contributed by atoms with Crippen LogP contribution in [0, 0.1) is 0 Å². The van der Waals surface area contributed by atoms with E-state index in [1.807, 2.05) is 92.0 Å². The topological polar surface area (TPSA) is 23.6 Å². The number of hydrogen-bond donors (Lipinski definition) is 0. The van der Waals surface area contributed by atoms with E-state index >= 15 is 0 Å². The summed E-state index contributed by atoms with van der Waals surface area (Å²) in [5.41, 5.74) is 4.09. The molecule has 3 nitrogen and oxygen atoms in total. The molecule has 0 N–H and O–H groups in total. The highest BCUT2D eigenvalue weighted by Gasteiger charge is 2.36. The third kappa shape index (κ3) is 5.39. The molecule has 0 aliphatic carbocycles. The Morgan fingerprint density at radius 1 is 0.667 bits per heavy atom. The summed E-state index contributed by atoms with van der Waals surface area (Å²) in [6.45, 7) is 0.677. The van der Waals surface area contributed by atoms with Gasteiger partial charge in [0.15, 0.2) is 5.78 Å². The predicted octanol–water partition coefficient (Wildman–Crippen LogP) is 6.25. The van der Waals surface area contributed by atoms with Crippen LogP contribution in [0.2, 0.25) is 0 Å². The van der Waals surface area contributed by atoms with Crippen LogP contribution < -0.4 is 4.90 Å². The van der Waals surface area contributed by atoms with Gasteiger partial charge in [-0.05, 0) is 30.3 Å². The highest BCUT2D eigenvalue weighted by atomic mass is 16.1. The molecule has 0 bridgehead atoms. The summed E-state index contributed by atoms with van der Waals surface area (Å²) < 4.78 is 0. The van der Waals surface area contributed by atoms with Crippen LogP contribution in [-0.4, -0.2) is 30.8 Å². The summed E-state index contributed by atoms with van der Waals surface area (Å²) in [6.07, 6.45) is 0. The largest absolute Gasteiger partial charge is 0.365 e. The van der Waals surface area contributed by atoms with Crippen LogP contribution in [0.5, 0.6) is 0 Å². The molecule has 0 heterocycles. The van der Waals surface area contributed by atoms with Gasteiger partial charge in [0.25, 0.3) is 0 Å². The lowest BCUT2D eigenvalue weighted by atomic mass is 9.90. The first kappa shape index (κ1) is 22.5. The maximum atomic E-state index is 14.1. The number of carbonyl (C=O) groups excluding carboxylic acids is 1. The number of benzene rings is 4. The number of ketones is 1. The first-order chi connectivity index (χ1) is 16.1. The zero-order chi connectivity index (χ0) is 23.0. The summed E-state index contributed by atoms with van der Waals surface area (Å²) in [6, 6.07) is 40.0. The van der Waals surface area contributed by atoms with Gasteiger partial charge in [0.05, 0.1) is 12.1 Å². The molecule has 0 saturated heterocycles. The van der Waals surface area contributed by atoms with Crippen molar-refractivity contribution in [2.24, 2.45) is 0 Å². The van der Waals surface area contributed by atoms with E-state index in [9.17, 15) is 4.79 Å². The van der Waals surface area contributed by atoms with Crippen LogP contribution >= 0.6 is 0 Å². The van der Waals surface area contributed by atoms with Gasteiger partial charge in [0.2, 0.25) is 0 Å². The second kappa shape index (κ2) is 10.8. The minimum absolute atomic E-state index is 0.116. The van der Waals surface area contributed by atoms with Crippen molar-refractivity contribution < 1.29 is 4.79 Å². The normalized spacial score (nSPS) is 12.8. The molecule has 0 spiro atoms. The van der Waals surface area contributed by atoms with Gasteiger partial charge in [-0.3, -0.25) is 9.69 Å². The molecule has 0 aliphatic rings. The quantitative estimate of drug-likeness (QED) is 0.291. The van der Waals surface area contributed by atoms with Crippen LogP contribution in [0.3, 0.4) is 0 Å². The highest BCUT2D eigenvalue weighted by molar-refractivity contribution is 6.01. The third-order valence-corrected chi connectivity index (χ3v) is 6.10. The van der Waals surface area contributed by atoms with Crippen LogP contribution in [0.1, 0.15) is 27.5 Å². The number of para-hydroxylation sites is 1. The van der Waals surface area contributed by atoms with Gasteiger partial charge < -0.3 is 4.90 Å². The van der Waals surface area contributed by atoms with E-state index in [2.05, 4.69) is 53.2 Å². The van der Waals surface area contributed by atoms with Crippen LogP contribution in [0.25, 0.3) is 0 Å². The lowest BCUT2D eigenvalue weighted by Gasteiger charge is -2.40. The van der Waals surface area contributed by atoms with Gasteiger partial charge in [-0.2, -0.15) is 0 Å². The third-order valence-electron chi connectivity index (χ3n) is 6.10. The number of carbonyl (C=O) groups is 1. The zero-order valence-electron chi connectivity index (χ0n) is 19.2. The number of likely N-dealkylation sites (N-methyl/N-ethyl adjacent to an activating group) is 2. The van der Waals surface area contributed by atoms with E-state index in [4.69, 9.17) is 0 Å². The van der Waals surface area contributed by atoms with Crippen molar-refractivity contribution >= 4 is 11.5 Å². The first-order valence-electron chi connectivity index (χ1n) is 11.3. The molecule has 0 saturated carbocycles. The Morgan fingerprint density at radius 2 is 1.15 bits per heavy atom. The maximum absolute atomic E-state index is 14.1. The molecule has 33 heavy (non-hydrogen) atoms. The summed E-state index contributed by atoms with van der Waals surface area (Å²) >= 11 is 0. The molecule has 2 unspecified atom stereocenters. The van der Waals surface area contributed by atoms with Crippen molar-refractivity contribution in [1.29, 1.82) is 0 Å². The Labute approximate surface area is 196 Å². The molecule has 4 aromatic carbocycles. The molecule has 0 aromatic heterocycles. The van der Waals surface area contributed by atoms with Gasteiger partial charge in [-0.1, -0.05) is 109 Å². The lowest BCUT2D eigenvalue weighted by molar-refractivity contribution is 0.0806. The molecular formula is C30H30N2O. The minimum atomic E-state index is -0.389. The number of Topliss-reactive ketones (excluding diaryl/α,β-unsaturated/α-hetero) is 1. The Kier molecular flexibility index (Phi) is 7.33. The monoisotopic (exact) mass is 434 g/mol. The van der Waals surface area contributed by atoms with Crippen molar-refractivity contribution in [2.45, 2.75) is 18.6 Å². The molecule has 0 fully saturated rings. The summed E-state index contributed by atoms with van der Waals surface area (Å²) in [7, 11) is 4.13. The van der Waals surface area contributed by atoms with Crippen molar-refractivity contribution in [3.05, 3.63) is 138 Å². The smallest absolute Gasteiger partial charge is 0.182 e. The fourth-order valence-corrected chi connectivity index (χ4v) is 4.42. The fraction of sp³-hybridized carbons (Fsp3) is 0.167. The van der Waals surface area contributed by atoms with Gasteiger partial charge >= 0.3 is 0 Å². The summed E-state index contributed by atoms with van der Waals surface area (Å²) in [5.74, 6) is 0.116. The van der Waals surface area contributed by atoms with Crippen LogP contribution in [0.15, 0.2) is 121 Å². The van der Waals surface area contributed by atoms with Crippen molar-refractivity contribution in [3.63, 3.8) is 0 Å². The SMILES string of the molecule is CN(Cc1ccccc1)C(C(=O)c1ccccc1)C(c1ccccc1)N(C)c1ccccc1. The Bertz CT molecular complexity index is 1130. The Morgan fingerprint density at radius 3 is 1.73 bits per heavy atom. The van der Waals surface area contributed by atoms with Crippen LogP contribution in [-0.2, 0) is 6.54 Å². The van der Waals surface area contributed by atoms with E-state index in [0.717, 1.165) is 16.8 Å². The van der Waals surface area contributed by atoms with E-state index < -0.39 is 0 Å². The average molecular weight is 435 g/mol. The van der Waals surface area contributed by atoms with Gasteiger partial charge in [0.1, 0.15) is 0 Å². The molecule has 4 rings (SSSR count). The number of rotatable bonds is 9. The molecule has 0 aliphatic heterocycles. The number of anilines is 1. The standard InChI is InChI=1S/C30H30N2O/c1-31(23-24-15-7-3-8-16-24)29(30(33)26-19-11-5-12-20-26)28(25-17-9-4-10-18-25)32(2)27-21-13-6-14-22-27/h3-22,28-29H,23H2,1-2H3. The Balaban J connectivity index is 1.80. The van der Waals surface area contributed by atoms with E-state index in [0.29, 0.717) is 6.54 Å². The number of hydrogen-bond acceptors (Lipinski definition) is 3. The molecular weight excluding hydrogens is 404 g/mol. The van der Waals surface area contributed by atoms with E-state index in [-0.39, 0.29) is 17.9 Å². The van der Waals surface area contributed by atoms with Gasteiger partial charge in [-0.25, -0.2) is 0 Å². The van der Waals surface area contributed by atoms with Crippen molar-refractivity contribution in [1.82, 2.24) is 4.90 Å². The number of nitrogens with zero attached hydrogens (tertiary/aromatic N) is 2. The maximum Gasteiger partial charge on any atom is 0.182 e.